The van der Waals surface area contributed by atoms with Gasteiger partial charge in [0.1, 0.15) is 5.76 Å². The summed E-state index contributed by atoms with van der Waals surface area (Å²) >= 11 is 0. The molecule has 0 aliphatic heterocycles. The van der Waals surface area contributed by atoms with Gasteiger partial charge in [0.2, 0.25) is 5.91 Å². The molecule has 1 aromatic carbocycles. The van der Waals surface area contributed by atoms with Gasteiger partial charge in [-0.25, -0.2) is 0 Å². The van der Waals surface area contributed by atoms with Gasteiger partial charge in [0.25, 0.3) is 5.91 Å². The zero-order valence-corrected chi connectivity index (χ0v) is 21.2. The first-order valence-electron chi connectivity index (χ1n) is 12.3. The van der Waals surface area contributed by atoms with Crippen molar-refractivity contribution >= 4 is 11.8 Å². The van der Waals surface area contributed by atoms with Crippen LogP contribution in [0.5, 0.6) is 0 Å². The second kappa shape index (κ2) is 10.1. The van der Waals surface area contributed by atoms with E-state index in [4.69, 9.17) is 4.42 Å². The van der Waals surface area contributed by atoms with Crippen LogP contribution >= 0.6 is 0 Å². The number of nitrogens with one attached hydrogen (secondary N) is 2. The molecule has 0 bridgehead atoms. The van der Waals surface area contributed by atoms with E-state index in [1.54, 1.807) is 13.1 Å². The van der Waals surface area contributed by atoms with Crippen molar-refractivity contribution in [3.63, 3.8) is 0 Å². The van der Waals surface area contributed by atoms with Gasteiger partial charge in [0, 0.05) is 26.4 Å². The fourth-order valence-corrected chi connectivity index (χ4v) is 4.74. The normalized spacial score (nSPS) is 16.2. The summed E-state index contributed by atoms with van der Waals surface area (Å²) in [5.74, 6) is 1.04. The Kier molecular flexibility index (Phi) is 7.71. The minimum absolute atomic E-state index is 0.0589. The number of carbonyl (C=O) groups is 2. The molecule has 0 saturated heterocycles. The molecular formula is C28H40N2O3. The summed E-state index contributed by atoms with van der Waals surface area (Å²) in [6, 6.07) is 8.40. The van der Waals surface area contributed by atoms with E-state index >= 15 is 0 Å². The zero-order valence-electron chi connectivity index (χ0n) is 21.2. The predicted molar refractivity (Wildman–Crippen MR) is 133 cm³/mol. The number of benzene rings is 1. The SMILES string of the molecule is CNC(=O)CCCCCNC(=O)c1ccc(Cc2cc3c(cc2C)C(C)(C)CCC3(C)C)o1. The topological polar surface area (TPSA) is 71.3 Å². The second-order valence-electron chi connectivity index (χ2n) is 10.8. The minimum Gasteiger partial charge on any atom is -0.456 e. The van der Waals surface area contributed by atoms with E-state index in [2.05, 4.69) is 57.4 Å². The second-order valence-corrected chi connectivity index (χ2v) is 10.8. The van der Waals surface area contributed by atoms with Gasteiger partial charge in [-0.15, -0.1) is 0 Å². The zero-order chi connectivity index (χ0) is 24.2. The van der Waals surface area contributed by atoms with Gasteiger partial charge in [-0.3, -0.25) is 9.59 Å². The van der Waals surface area contributed by atoms with Crippen LogP contribution in [0.25, 0.3) is 0 Å². The number of aryl methyl sites for hydroxylation is 1. The van der Waals surface area contributed by atoms with Gasteiger partial charge in [0.15, 0.2) is 5.76 Å². The molecule has 2 aromatic rings. The van der Waals surface area contributed by atoms with E-state index < -0.39 is 0 Å². The molecule has 1 heterocycles. The monoisotopic (exact) mass is 452 g/mol. The Bertz CT molecular complexity index is 1000. The summed E-state index contributed by atoms with van der Waals surface area (Å²) in [6.45, 7) is 12.1. The molecule has 0 unspecified atom stereocenters. The number of carbonyl (C=O) groups excluding carboxylic acids is 2. The van der Waals surface area contributed by atoms with Crippen LogP contribution in [-0.2, 0) is 22.0 Å². The highest BCUT2D eigenvalue weighted by atomic mass is 16.3. The minimum atomic E-state index is -0.183. The number of furan rings is 1. The summed E-state index contributed by atoms with van der Waals surface area (Å²) in [6.07, 6.45) is 6.18. The fraction of sp³-hybridized carbons (Fsp3) is 0.571. The summed E-state index contributed by atoms with van der Waals surface area (Å²) < 4.78 is 5.90. The average Bonchev–Trinajstić information content (AvgIpc) is 3.23. The third-order valence-electron chi connectivity index (χ3n) is 7.20. The van der Waals surface area contributed by atoms with Crippen LogP contribution in [0, 0.1) is 6.92 Å². The molecule has 1 aliphatic carbocycles. The fourth-order valence-electron chi connectivity index (χ4n) is 4.74. The quantitative estimate of drug-likeness (QED) is 0.489. The number of rotatable bonds is 9. The third kappa shape index (κ3) is 6.07. The lowest BCUT2D eigenvalue weighted by Gasteiger charge is -2.42. The Morgan fingerprint density at radius 1 is 0.970 bits per heavy atom. The standard InChI is InChI=1S/C28H40N2O3/c1-19-16-22-23(28(4,5)14-13-27(22,2)3)18-20(19)17-21-11-12-24(33-21)26(32)30-15-9-7-8-10-25(31)29-6/h11-12,16,18H,7-10,13-15,17H2,1-6H3,(H,29,31)(H,30,32). The summed E-state index contributed by atoms with van der Waals surface area (Å²) in [4.78, 5) is 23.7. The Morgan fingerprint density at radius 3 is 2.30 bits per heavy atom. The maximum Gasteiger partial charge on any atom is 0.286 e. The maximum atomic E-state index is 12.4. The number of amides is 2. The molecular weight excluding hydrogens is 412 g/mol. The smallest absolute Gasteiger partial charge is 0.286 e. The molecule has 0 fully saturated rings. The molecule has 33 heavy (non-hydrogen) atoms. The van der Waals surface area contributed by atoms with Crippen molar-refractivity contribution in [3.8, 4) is 0 Å². The van der Waals surface area contributed by atoms with Crippen LogP contribution in [0.4, 0.5) is 0 Å². The van der Waals surface area contributed by atoms with Gasteiger partial charge >= 0.3 is 0 Å². The lowest BCUT2D eigenvalue weighted by atomic mass is 9.62. The predicted octanol–water partition coefficient (Wildman–Crippen LogP) is 5.56. The molecule has 1 aliphatic rings. The van der Waals surface area contributed by atoms with Crippen LogP contribution in [0.3, 0.4) is 0 Å². The van der Waals surface area contributed by atoms with Crippen molar-refractivity contribution in [2.45, 2.75) is 90.4 Å². The molecule has 0 radical (unpaired) electrons. The van der Waals surface area contributed by atoms with E-state index in [-0.39, 0.29) is 22.6 Å². The van der Waals surface area contributed by atoms with Crippen molar-refractivity contribution in [1.29, 1.82) is 0 Å². The molecule has 3 rings (SSSR count). The molecule has 0 saturated carbocycles. The van der Waals surface area contributed by atoms with Crippen LogP contribution in [0.15, 0.2) is 28.7 Å². The van der Waals surface area contributed by atoms with Gasteiger partial charge in [0.05, 0.1) is 0 Å². The number of unbranched alkanes of at least 4 members (excludes halogenated alkanes) is 2. The van der Waals surface area contributed by atoms with Crippen molar-refractivity contribution in [2.75, 3.05) is 13.6 Å². The highest BCUT2D eigenvalue weighted by Gasteiger charge is 2.37. The third-order valence-corrected chi connectivity index (χ3v) is 7.20. The molecule has 2 amide bonds. The Labute approximate surface area is 198 Å². The molecule has 1 aromatic heterocycles. The van der Waals surface area contributed by atoms with Crippen molar-refractivity contribution in [2.24, 2.45) is 0 Å². The van der Waals surface area contributed by atoms with Crippen molar-refractivity contribution < 1.29 is 14.0 Å². The van der Waals surface area contributed by atoms with Crippen LogP contribution in [-0.4, -0.2) is 25.4 Å². The molecule has 0 atom stereocenters. The van der Waals surface area contributed by atoms with Gasteiger partial charge in [-0.1, -0.05) is 46.2 Å². The summed E-state index contributed by atoms with van der Waals surface area (Å²) in [5.41, 5.74) is 5.82. The highest BCUT2D eigenvalue weighted by Crippen LogP contribution is 2.46. The molecule has 180 valence electrons. The highest BCUT2D eigenvalue weighted by molar-refractivity contribution is 5.91. The molecule has 2 N–H and O–H groups in total. The Balaban J connectivity index is 1.60. The number of hydrogen-bond donors (Lipinski definition) is 2. The van der Waals surface area contributed by atoms with Gasteiger partial charge in [-0.05, 0) is 77.8 Å². The van der Waals surface area contributed by atoms with Gasteiger partial charge < -0.3 is 15.1 Å². The van der Waals surface area contributed by atoms with Crippen molar-refractivity contribution in [3.05, 3.63) is 58.0 Å². The number of fused-ring (bicyclic) bond motifs is 1. The number of hydrogen-bond acceptors (Lipinski definition) is 3. The Hall–Kier alpha value is -2.56. The molecule has 5 heteroatoms. The largest absolute Gasteiger partial charge is 0.456 e. The van der Waals surface area contributed by atoms with Crippen LogP contribution in [0.1, 0.15) is 105 Å². The van der Waals surface area contributed by atoms with Crippen molar-refractivity contribution in [1.82, 2.24) is 10.6 Å². The average molecular weight is 453 g/mol. The van der Waals surface area contributed by atoms with Gasteiger partial charge in [-0.2, -0.15) is 0 Å². The summed E-state index contributed by atoms with van der Waals surface area (Å²) in [7, 11) is 1.65. The van der Waals surface area contributed by atoms with E-state index in [0.717, 1.165) is 25.0 Å². The van der Waals surface area contributed by atoms with E-state index in [1.807, 2.05) is 6.07 Å². The van der Waals surface area contributed by atoms with E-state index in [1.165, 1.54) is 35.1 Å². The first kappa shape index (κ1) is 25.1. The first-order valence-corrected chi connectivity index (χ1v) is 12.3. The lowest BCUT2D eigenvalue weighted by Crippen LogP contribution is -2.34. The van der Waals surface area contributed by atoms with E-state index in [0.29, 0.717) is 25.1 Å². The maximum absolute atomic E-state index is 12.4. The lowest BCUT2D eigenvalue weighted by molar-refractivity contribution is -0.120. The first-order chi connectivity index (χ1) is 15.5. The Morgan fingerprint density at radius 2 is 1.64 bits per heavy atom. The molecule has 0 spiro atoms. The van der Waals surface area contributed by atoms with Crippen LogP contribution in [0.2, 0.25) is 0 Å². The summed E-state index contributed by atoms with van der Waals surface area (Å²) in [5, 5.41) is 5.54. The molecule has 5 nitrogen and oxygen atoms in total. The van der Waals surface area contributed by atoms with E-state index in [9.17, 15) is 9.59 Å². The van der Waals surface area contributed by atoms with Crippen LogP contribution < -0.4 is 10.6 Å².